The van der Waals surface area contributed by atoms with E-state index in [2.05, 4.69) is 0 Å². The van der Waals surface area contributed by atoms with Crippen LogP contribution in [0.15, 0.2) is 42.7 Å². The number of aliphatic hydroxyl groups excluding tert-OH is 1. The van der Waals surface area contributed by atoms with E-state index in [0.717, 1.165) is 17.0 Å². The van der Waals surface area contributed by atoms with Gasteiger partial charge in [0.15, 0.2) is 0 Å². The van der Waals surface area contributed by atoms with E-state index in [9.17, 15) is 5.11 Å². The molecule has 0 spiro atoms. The lowest BCUT2D eigenvalue weighted by molar-refractivity contribution is 0.280. The number of rotatable bonds is 3. The smallest absolute Gasteiger partial charge is 0.119 e. The highest BCUT2D eigenvalue weighted by molar-refractivity contribution is 5.45. The molecule has 0 radical (unpaired) electrons. The molecule has 0 unspecified atom stereocenters. The molecule has 78 valence electrons. The Hall–Kier alpha value is -1.74. The van der Waals surface area contributed by atoms with Crippen molar-refractivity contribution in [1.29, 1.82) is 0 Å². The van der Waals surface area contributed by atoms with E-state index in [1.165, 1.54) is 0 Å². The highest BCUT2D eigenvalue weighted by atomic mass is 16.5. The zero-order chi connectivity index (χ0) is 10.7. The lowest BCUT2D eigenvalue weighted by Crippen LogP contribution is -1.98. The van der Waals surface area contributed by atoms with Gasteiger partial charge < -0.3 is 14.4 Å². The largest absolute Gasteiger partial charge is 0.497 e. The molecule has 3 nitrogen and oxygen atoms in total. The topological polar surface area (TPSA) is 34.4 Å². The van der Waals surface area contributed by atoms with Gasteiger partial charge in [0.1, 0.15) is 5.75 Å². The molecule has 15 heavy (non-hydrogen) atoms. The Morgan fingerprint density at radius 2 is 2.00 bits per heavy atom. The van der Waals surface area contributed by atoms with Crippen LogP contribution in [-0.2, 0) is 6.61 Å². The minimum absolute atomic E-state index is 0.00468. The SMILES string of the molecule is COc1ccc(-n2cccc2)c(CO)c1. The molecule has 0 saturated carbocycles. The summed E-state index contributed by atoms with van der Waals surface area (Å²) >= 11 is 0. The molecular formula is C12H13NO2. The number of benzene rings is 1. The van der Waals surface area contributed by atoms with Gasteiger partial charge in [0.25, 0.3) is 0 Å². The maximum Gasteiger partial charge on any atom is 0.119 e. The Kier molecular flexibility index (Phi) is 2.74. The van der Waals surface area contributed by atoms with Crippen LogP contribution in [0.5, 0.6) is 5.75 Å². The van der Waals surface area contributed by atoms with Crippen LogP contribution in [-0.4, -0.2) is 16.8 Å². The summed E-state index contributed by atoms with van der Waals surface area (Å²) in [6.07, 6.45) is 3.89. The molecule has 1 aromatic carbocycles. The summed E-state index contributed by atoms with van der Waals surface area (Å²) in [6.45, 7) is 0.00468. The summed E-state index contributed by atoms with van der Waals surface area (Å²) in [4.78, 5) is 0. The molecule has 1 aromatic heterocycles. The first kappa shape index (κ1) is 9.80. The average Bonchev–Trinajstić information content (AvgIpc) is 2.81. The highest BCUT2D eigenvalue weighted by Crippen LogP contribution is 2.21. The second kappa shape index (κ2) is 4.19. The van der Waals surface area contributed by atoms with Crippen molar-refractivity contribution >= 4 is 0 Å². The zero-order valence-corrected chi connectivity index (χ0v) is 8.55. The lowest BCUT2D eigenvalue weighted by Gasteiger charge is -2.10. The normalized spacial score (nSPS) is 10.3. The van der Waals surface area contributed by atoms with E-state index >= 15 is 0 Å². The number of nitrogens with zero attached hydrogens (tertiary/aromatic N) is 1. The predicted octanol–water partition coefficient (Wildman–Crippen LogP) is 1.98. The van der Waals surface area contributed by atoms with Crippen molar-refractivity contribution in [3.8, 4) is 11.4 Å². The first-order valence-corrected chi connectivity index (χ1v) is 4.76. The van der Waals surface area contributed by atoms with Gasteiger partial charge >= 0.3 is 0 Å². The van der Waals surface area contributed by atoms with Crippen LogP contribution in [0.3, 0.4) is 0 Å². The monoisotopic (exact) mass is 203 g/mol. The lowest BCUT2D eigenvalue weighted by atomic mass is 10.1. The van der Waals surface area contributed by atoms with Gasteiger partial charge in [0.2, 0.25) is 0 Å². The molecule has 2 rings (SSSR count). The maximum atomic E-state index is 9.27. The fraction of sp³-hybridized carbons (Fsp3) is 0.167. The van der Waals surface area contributed by atoms with Crippen LogP contribution in [0, 0.1) is 0 Å². The molecule has 1 heterocycles. The van der Waals surface area contributed by atoms with Crippen molar-refractivity contribution in [2.45, 2.75) is 6.61 Å². The second-order valence-corrected chi connectivity index (χ2v) is 3.24. The number of hydrogen-bond donors (Lipinski definition) is 1. The van der Waals surface area contributed by atoms with Gasteiger partial charge in [-0.3, -0.25) is 0 Å². The zero-order valence-electron chi connectivity index (χ0n) is 8.55. The third kappa shape index (κ3) is 1.87. The van der Waals surface area contributed by atoms with E-state index in [1.54, 1.807) is 7.11 Å². The summed E-state index contributed by atoms with van der Waals surface area (Å²) in [5.74, 6) is 0.759. The van der Waals surface area contributed by atoms with Gasteiger partial charge in [-0.2, -0.15) is 0 Å². The van der Waals surface area contributed by atoms with Crippen LogP contribution in [0.25, 0.3) is 5.69 Å². The van der Waals surface area contributed by atoms with Crippen LogP contribution in [0.2, 0.25) is 0 Å². The van der Waals surface area contributed by atoms with Crippen molar-refractivity contribution in [1.82, 2.24) is 4.57 Å². The van der Waals surface area contributed by atoms with Crippen LogP contribution < -0.4 is 4.74 Å². The van der Waals surface area contributed by atoms with Gasteiger partial charge in [-0.05, 0) is 30.3 Å². The summed E-state index contributed by atoms with van der Waals surface area (Å²) in [5, 5.41) is 9.27. The van der Waals surface area contributed by atoms with E-state index in [4.69, 9.17) is 4.74 Å². The maximum absolute atomic E-state index is 9.27. The summed E-state index contributed by atoms with van der Waals surface area (Å²) in [6, 6.07) is 9.56. The molecule has 0 aliphatic heterocycles. The van der Waals surface area contributed by atoms with Gasteiger partial charge in [-0.15, -0.1) is 0 Å². The van der Waals surface area contributed by atoms with Crippen LogP contribution in [0.1, 0.15) is 5.56 Å². The van der Waals surface area contributed by atoms with Crippen molar-refractivity contribution < 1.29 is 9.84 Å². The summed E-state index contributed by atoms with van der Waals surface area (Å²) < 4.78 is 7.07. The highest BCUT2D eigenvalue weighted by Gasteiger charge is 2.04. The first-order valence-electron chi connectivity index (χ1n) is 4.76. The molecule has 0 amide bonds. The first-order chi connectivity index (χ1) is 7.35. The number of aromatic nitrogens is 1. The van der Waals surface area contributed by atoms with Gasteiger partial charge in [0, 0.05) is 18.0 Å². The number of ether oxygens (including phenoxy) is 1. The fourth-order valence-electron chi connectivity index (χ4n) is 1.56. The minimum atomic E-state index is 0.00468. The Balaban J connectivity index is 2.48. The quantitative estimate of drug-likeness (QED) is 0.827. The van der Waals surface area contributed by atoms with E-state index in [-0.39, 0.29) is 6.61 Å². The van der Waals surface area contributed by atoms with Crippen molar-refractivity contribution in [3.63, 3.8) is 0 Å². The predicted molar refractivity (Wildman–Crippen MR) is 58.2 cm³/mol. The Labute approximate surface area is 88.5 Å². The Morgan fingerprint density at radius 3 is 2.60 bits per heavy atom. The molecule has 0 saturated heterocycles. The van der Waals surface area contributed by atoms with E-state index in [0.29, 0.717) is 0 Å². The summed E-state index contributed by atoms with van der Waals surface area (Å²) in [7, 11) is 1.62. The van der Waals surface area contributed by atoms with Crippen LogP contribution in [0.4, 0.5) is 0 Å². The molecular weight excluding hydrogens is 190 g/mol. The fourth-order valence-corrected chi connectivity index (χ4v) is 1.56. The minimum Gasteiger partial charge on any atom is -0.497 e. The van der Waals surface area contributed by atoms with Gasteiger partial charge in [-0.1, -0.05) is 0 Å². The number of aliphatic hydroxyl groups is 1. The van der Waals surface area contributed by atoms with Gasteiger partial charge in [0.05, 0.1) is 19.4 Å². The third-order valence-corrected chi connectivity index (χ3v) is 2.34. The van der Waals surface area contributed by atoms with Crippen LogP contribution >= 0.6 is 0 Å². The second-order valence-electron chi connectivity index (χ2n) is 3.24. The molecule has 0 atom stereocenters. The Bertz CT molecular complexity index is 435. The van der Waals surface area contributed by atoms with Crippen molar-refractivity contribution in [3.05, 3.63) is 48.3 Å². The molecule has 1 N–H and O–H groups in total. The van der Waals surface area contributed by atoms with Crippen molar-refractivity contribution in [2.24, 2.45) is 0 Å². The number of hydrogen-bond acceptors (Lipinski definition) is 2. The van der Waals surface area contributed by atoms with E-state index in [1.807, 2.05) is 47.3 Å². The molecule has 2 aromatic rings. The standard InChI is InChI=1S/C12H13NO2/c1-15-11-4-5-12(10(8-11)9-14)13-6-2-3-7-13/h2-8,14H,9H2,1H3. The third-order valence-electron chi connectivity index (χ3n) is 2.34. The molecule has 0 aliphatic rings. The molecule has 0 bridgehead atoms. The average molecular weight is 203 g/mol. The Morgan fingerprint density at radius 1 is 1.27 bits per heavy atom. The van der Waals surface area contributed by atoms with E-state index < -0.39 is 0 Å². The molecule has 3 heteroatoms. The van der Waals surface area contributed by atoms with Crippen molar-refractivity contribution in [2.75, 3.05) is 7.11 Å². The molecule has 0 aliphatic carbocycles. The number of methoxy groups -OCH3 is 1. The van der Waals surface area contributed by atoms with Gasteiger partial charge in [-0.25, -0.2) is 0 Å². The molecule has 0 fully saturated rings. The summed E-state index contributed by atoms with van der Waals surface area (Å²) in [5.41, 5.74) is 1.83.